The summed E-state index contributed by atoms with van der Waals surface area (Å²) in [4.78, 5) is 0. The Balaban J connectivity index is 2.14. The van der Waals surface area contributed by atoms with Crippen molar-refractivity contribution in [2.45, 2.75) is 12.5 Å². The molecule has 2 aromatic rings. The average molecular weight is 232 g/mol. The van der Waals surface area contributed by atoms with Crippen LogP contribution >= 0.6 is 0 Å². The SMILES string of the molecule is Oc1ccccc1[C@@H](O)Cc1ccc(F)cc1. The summed E-state index contributed by atoms with van der Waals surface area (Å²) in [5.41, 5.74) is 1.30. The molecule has 0 aliphatic carbocycles. The van der Waals surface area contributed by atoms with Crippen molar-refractivity contribution in [3.8, 4) is 5.75 Å². The lowest BCUT2D eigenvalue weighted by Gasteiger charge is -2.12. The van der Waals surface area contributed by atoms with Crippen molar-refractivity contribution in [1.82, 2.24) is 0 Å². The molecule has 0 unspecified atom stereocenters. The number of aromatic hydroxyl groups is 1. The summed E-state index contributed by atoms with van der Waals surface area (Å²) >= 11 is 0. The third-order valence-corrected chi connectivity index (χ3v) is 2.64. The molecule has 0 bridgehead atoms. The highest BCUT2D eigenvalue weighted by Crippen LogP contribution is 2.26. The first-order valence-corrected chi connectivity index (χ1v) is 5.37. The molecule has 3 heteroatoms. The zero-order chi connectivity index (χ0) is 12.3. The van der Waals surface area contributed by atoms with Crippen LogP contribution in [0.3, 0.4) is 0 Å². The van der Waals surface area contributed by atoms with Gasteiger partial charge >= 0.3 is 0 Å². The zero-order valence-corrected chi connectivity index (χ0v) is 9.18. The quantitative estimate of drug-likeness (QED) is 0.854. The van der Waals surface area contributed by atoms with Gasteiger partial charge in [-0.05, 0) is 23.8 Å². The molecule has 2 rings (SSSR count). The van der Waals surface area contributed by atoms with Crippen LogP contribution in [-0.2, 0) is 6.42 Å². The fraction of sp³-hybridized carbons (Fsp3) is 0.143. The van der Waals surface area contributed by atoms with Crippen molar-refractivity contribution in [2.75, 3.05) is 0 Å². The third kappa shape index (κ3) is 2.82. The molecule has 0 spiro atoms. The summed E-state index contributed by atoms with van der Waals surface area (Å²) in [6.07, 6.45) is -0.445. The first kappa shape index (κ1) is 11.6. The van der Waals surface area contributed by atoms with Crippen LogP contribution in [0.15, 0.2) is 48.5 Å². The molecule has 2 N–H and O–H groups in total. The van der Waals surface area contributed by atoms with Gasteiger partial charge < -0.3 is 10.2 Å². The molecule has 2 nitrogen and oxygen atoms in total. The van der Waals surface area contributed by atoms with Crippen molar-refractivity contribution >= 4 is 0 Å². The van der Waals surface area contributed by atoms with Crippen molar-refractivity contribution in [2.24, 2.45) is 0 Å². The van der Waals surface area contributed by atoms with E-state index in [1.54, 1.807) is 30.3 Å². The molecule has 0 saturated heterocycles. The number of aliphatic hydroxyl groups is 1. The van der Waals surface area contributed by atoms with Gasteiger partial charge in [-0.15, -0.1) is 0 Å². The van der Waals surface area contributed by atoms with E-state index in [0.29, 0.717) is 12.0 Å². The second kappa shape index (κ2) is 4.97. The van der Waals surface area contributed by atoms with Crippen LogP contribution in [0.5, 0.6) is 5.75 Å². The van der Waals surface area contributed by atoms with E-state index in [1.165, 1.54) is 18.2 Å². The number of halogens is 1. The molecule has 0 amide bonds. The highest BCUT2D eigenvalue weighted by atomic mass is 19.1. The van der Waals surface area contributed by atoms with Gasteiger partial charge in [0, 0.05) is 12.0 Å². The Bertz CT molecular complexity index is 494. The van der Waals surface area contributed by atoms with Gasteiger partial charge in [0.25, 0.3) is 0 Å². The van der Waals surface area contributed by atoms with Crippen molar-refractivity contribution < 1.29 is 14.6 Å². The Morgan fingerprint density at radius 2 is 1.65 bits per heavy atom. The molecule has 0 aliphatic heterocycles. The number of para-hydroxylation sites is 1. The molecular formula is C14H13FO2. The minimum atomic E-state index is -0.790. The van der Waals surface area contributed by atoms with E-state index in [0.717, 1.165) is 5.56 Å². The number of aliphatic hydroxyl groups excluding tert-OH is 1. The van der Waals surface area contributed by atoms with E-state index < -0.39 is 6.10 Å². The zero-order valence-electron chi connectivity index (χ0n) is 9.18. The standard InChI is InChI=1S/C14H13FO2/c15-11-7-5-10(6-8-11)9-14(17)12-3-1-2-4-13(12)16/h1-8,14,16-17H,9H2/t14-/m0/s1. The van der Waals surface area contributed by atoms with E-state index in [9.17, 15) is 14.6 Å². The second-order valence-corrected chi connectivity index (χ2v) is 3.91. The predicted molar refractivity (Wildman–Crippen MR) is 63.2 cm³/mol. The van der Waals surface area contributed by atoms with Gasteiger partial charge in [0.1, 0.15) is 11.6 Å². The number of phenols is 1. The topological polar surface area (TPSA) is 40.5 Å². The van der Waals surface area contributed by atoms with Crippen LogP contribution in [0.1, 0.15) is 17.2 Å². The van der Waals surface area contributed by atoms with E-state index in [1.807, 2.05) is 0 Å². The molecule has 88 valence electrons. The second-order valence-electron chi connectivity index (χ2n) is 3.91. The number of hydrogen-bond donors (Lipinski definition) is 2. The Morgan fingerprint density at radius 1 is 1.00 bits per heavy atom. The van der Waals surface area contributed by atoms with Crippen LogP contribution in [0.4, 0.5) is 4.39 Å². The third-order valence-electron chi connectivity index (χ3n) is 2.64. The van der Waals surface area contributed by atoms with Crippen LogP contribution in [0.2, 0.25) is 0 Å². The Labute approximate surface area is 99.0 Å². The van der Waals surface area contributed by atoms with Crippen LogP contribution < -0.4 is 0 Å². The average Bonchev–Trinajstić information content (AvgIpc) is 2.32. The van der Waals surface area contributed by atoms with Gasteiger partial charge in [0.2, 0.25) is 0 Å². The Kier molecular flexibility index (Phi) is 3.40. The molecule has 0 heterocycles. The molecule has 17 heavy (non-hydrogen) atoms. The summed E-state index contributed by atoms with van der Waals surface area (Å²) < 4.78 is 12.7. The first-order chi connectivity index (χ1) is 8.16. The number of phenolic OH excluding ortho intramolecular Hbond substituents is 1. The summed E-state index contributed by atoms with van der Waals surface area (Å²) in [6.45, 7) is 0. The number of rotatable bonds is 3. The molecule has 0 radical (unpaired) electrons. The highest BCUT2D eigenvalue weighted by Gasteiger charge is 2.12. The van der Waals surface area contributed by atoms with E-state index in [4.69, 9.17) is 0 Å². The fourth-order valence-corrected chi connectivity index (χ4v) is 1.72. The van der Waals surface area contributed by atoms with E-state index >= 15 is 0 Å². The first-order valence-electron chi connectivity index (χ1n) is 5.37. The predicted octanol–water partition coefficient (Wildman–Crippen LogP) is 2.81. The highest BCUT2D eigenvalue weighted by molar-refractivity contribution is 5.34. The smallest absolute Gasteiger partial charge is 0.123 e. The van der Waals surface area contributed by atoms with Gasteiger partial charge in [-0.2, -0.15) is 0 Å². The minimum Gasteiger partial charge on any atom is -0.508 e. The van der Waals surface area contributed by atoms with Gasteiger partial charge in [0.15, 0.2) is 0 Å². The molecule has 0 aromatic heterocycles. The number of benzene rings is 2. The lowest BCUT2D eigenvalue weighted by molar-refractivity contribution is 0.174. The van der Waals surface area contributed by atoms with Gasteiger partial charge in [-0.25, -0.2) is 4.39 Å². The monoisotopic (exact) mass is 232 g/mol. The lowest BCUT2D eigenvalue weighted by atomic mass is 10.0. The summed E-state index contributed by atoms with van der Waals surface area (Å²) in [5, 5.41) is 19.6. The van der Waals surface area contributed by atoms with E-state index in [-0.39, 0.29) is 11.6 Å². The van der Waals surface area contributed by atoms with Crippen molar-refractivity contribution in [3.63, 3.8) is 0 Å². The molecule has 0 saturated carbocycles. The molecule has 2 aromatic carbocycles. The van der Waals surface area contributed by atoms with Gasteiger partial charge in [0.05, 0.1) is 6.10 Å². The summed E-state index contributed by atoms with van der Waals surface area (Å²) in [7, 11) is 0. The van der Waals surface area contributed by atoms with Crippen LogP contribution in [0, 0.1) is 5.82 Å². The minimum absolute atomic E-state index is 0.0714. The maximum absolute atomic E-state index is 12.7. The molecule has 1 atom stereocenters. The molecule has 0 aliphatic rings. The number of hydrogen-bond acceptors (Lipinski definition) is 2. The maximum Gasteiger partial charge on any atom is 0.123 e. The molecule has 0 fully saturated rings. The summed E-state index contributed by atoms with van der Waals surface area (Å²) in [5.74, 6) is -0.229. The van der Waals surface area contributed by atoms with Crippen LogP contribution in [0.25, 0.3) is 0 Å². The maximum atomic E-state index is 12.7. The lowest BCUT2D eigenvalue weighted by Crippen LogP contribution is -2.02. The normalized spacial score (nSPS) is 12.4. The van der Waals surface area contributed by atoms with Gasteiger partial charge in [-0.1, -0.05) is 30.3 Å². The van der Waals surface area contributed by atoms with Crippen LogP contribution in [-0.4, -0.2) is 10.2 Å². The van der Waals surface area contributed by atoms with Crippen molar-refractivity contribution in [3.05, 3.63) is 65.5 Å². The summed E-state index contributed by atoms with van der Waals surface area (Å²) in [6, 6.07) is 12.6. The van der Waals surface area contributed by atoms with Gasteiger partial charge in [-0.3, -0.25) is 0 Å². The Hall–Kier alpha value is -1.87. The van der Waals surface area contributed by atoms with E-state index in [2.05, 4.69) is 0 Å². The largest absolute Gasteiger partial charge is 0.508 e. The molecular weight excluding hydrogens is 219 g/mol. The Morgan fingerprint density at radius 3 is 2.29 bits per heavy atom. The van der Waals surface area contributed by atoms with Crippen molar-refractivity contribution in [1.29, 1.82) is 0 Å². The fourth-order valence-electron chi connectivity index (χ4n) is 1.72.